The topological polar surface area (TPSA) is 30.2 Å². The van der Waals surface area contributed by atoms with Gasteiger partial charge in [-0.15, -0.1) is 0 Å². The number of benzene rings is 3. The fourth-order valence-corrected chi connectivity index (χ4v) is 3.70. The summed E-state index contributed by atoms with van der Waals surface area (Å²) in [7, 11) is 0. The van der Waals surface area contributed by atoms with Crippen molar-refractivity contribution in [3.63, 3.8) is 0 Å². The van der Waals surface area contributed by atoms with Crippen LogP contribution in [0, 0.1) is 6.92 Å². The lowest BCUT2D eigenvalue weighted by atomic mass is 10.1. The van der Waals surface area contributed by atoms with Gasteiger partial charge < -0.3 is 4.42 Å². The molecule has 0 saturated carbocycles. The third kappa shape index (κ3) is 3.11. The summed E-state index contributed by atoms with van der Waals surface area (Å²) in [5.74, 6) is 0.623. The van der Waals surface area contributed by atoms with E-state index in [9.17, 15) is 4.79 Å². The third-order valence-electron chi connectivity index (χ3n) is 4.03. The van der Waals surface area contributed by atoms with E-state index in [0.29, 0.717) is 21.6 Å². The van der Waals surface area contributed by atoms with Crippen LogP contribution in [0.15, 0.2) is 97.9 Å². The van der Waals surface area contributed by atoms with Gasteiger partial charge in [0.2, 0.25) is 5.43 Å². The van der Waals surface area contributed by atoms with Crippen LogP contribution >= 0.6 is 11.8 Å². The van der Waals surface area contributed by atoms with Crippen molar-refractivity contribution in [2.45, 2.75) is 16.7 Å². The average molecular weight is 344 g/mol. The first-order valence-electron chi connectivity index (χ1n) is 8.08. The molecule has 1 heterocycles. The van der Waals surface area contributed by atoms with Crippen molar-refractivity contribution in [2.75, 3.05) is 0 Å². The Labute approximate surface area is 150 Å². The Morgan fingerprint density at radius 2 is 1.48 bits per heavy atom. The molecule has 0 N–H and O–H groups in total. The predicted octanol–water partition coefficient (Wildman–Crippen LogP) is 5.92. The normalized spacial score (nSPS) is 10.9. The predicted molar refractivity (Wildman–Crippen MR) is 103 cm³/mol. The molecule has 3 aromatic carbocycles. The van der Waals surface area contributed by atoms with Crippen molar-refractivity contribution in [2.24, 2.45) is 0 Å². The number of hydrogen-bond donors (Lipinski definition) is 0. The minimum atomic E-state index is 0.00581. The van der Waals surface area contributed by atoms with Gasteiger partial charge in [-0.05, 0) is 31.2 Å². The Hall–Kier alpha value is -2.78. The van der Waals surface area contributed by atoms with Gasteiger partial charge in [0.1, 0.15) is 10.5 Å². The van der Waals surface area contributed by atoms with Crippen LogP contribution in [0.2, 0.25) is 0 Å². The highest BCUT2D eigenvalue weighted by atomic mass is 32.2. The molecule has 0 unspecified atom stereocenters. The van der Waals surface area contributed by atoms with E-state index >= 15 is 0 Å². The third-order valence-corrected chi connectivity index (χ3v) is 5.12. The molecule has 2 nitrogen and oxygen atoms in total. The van der Waals surface area contributed by atoms with E-state index in [-0.39, 0.29) is 5.43 Å². The Bertz CT molecular complexity index is 1080. The molecule has 25 heavy (non-hydrogen) atoms. The van der Waals surface area contributed by atoms with Gasteiger partial charge in [-0.2, -0.15) is 0 Å². The van der Waals surface area contributed by atoms with Gasteiger partial charge in [-0.1, -0.05) is 71.9 Å². The fourth-order valence-electron chi connectivity index (χ4n) is 2.72. The Balaban J connectivity index is 1.97. The number of aryl methyl sites for hydroxylation is 1. The molecule has 3 heteroatoms. The SMILES string of the molecule is Cc1ccc(-c2oc3ccccc3c(=O)c2Sc2ccccc2)cc1. The Kier molecular flexibility index (Phi) is 4.16. The lowest BCUT2D eigenvalue weighted by Gasteiger charge is -2.10. The van der Waals surface area contributed by atoms with Crippen LogP contribution in [-0.4, -0.2) is 0 Å². The zero-order chi connectivity index (χ0) is 17.2. The van der Waals surface area contributed by atoms with Gasteiger partial charge in [-0.3, -0.25) is 4.79 Å². The molecular formula is C22H16O2S. The smallest absolute Gasteiger partial charge is 0.207 e. The maximum absolute atomic E-state index is 13.1. The van der Waals surface area contributed by atoms with Crippen LogP contribution in [0.5, 0.6) is 0 Å². The van der Waals surface area contributed by atoms with E-state index in [2.05, 4.69) is 0 Å². The molecule has 0 fully saturated rings. The lowest BCUT2D eigenvalue weighted by Crippen LogP contribution is -2.06. The van der Waals surface area contributed by atoms with Crippen molar-refractivity contribution in [3.05, 3.63) is 94.6 Å². The number of para-hydroxylation sites is 1. The number of hydrogen-bond acceptors (Lipinski definition) is 3. The second kappa shape index (κ2) is 6.61. The molecule has 1 aromatic heterocycles. The summed E-state index contributed by atoms with van der Waals surface area (Å²) >= 11 is 1.45. The molecule has 122 valence electrons. The second-order valence-corrected chi connectivity index (χ2v) is 6.95. The van der Waals surface area contributed by atoms with E-state index in [1.807, 2.05) is 85.8 Å². The van der Waals surface area contributed by atoms with Crippen molar-refractivity contribution in [1.82, 2.24) is 0 Å². The largest absolute Gasteiger partial charge is 0.455 e. The molecule has 0 bridgehead atoms. The van der Waals surface area contributed by atoms with E-state index < -0.39 is 0 Å². The van der Waals surface area contributed by atoms with Crippen molar-refractivity contribution in [1.29, 1.82) is 0 Å². The molecule has 0 aliphatic rings. The Morgan fingerprint density at radius 3 is 2.24 bits per heavy atom. The summed E-state index contributed by atoms with van der Waals surface area (Å²) < 4.78 is 6.15. The minimum absolute atomic E-state index is 0.00581. The number of rotatable bonds is 3. The summed E-state index contributed by atoms with van der Waals surface area (Å²) in [5.41, 5.74) is 2.70. The van der Waals surface area contributed by atoms with Crippen LogP contribution in [0.4, 0.5) is 0 Å². The molecule has 4 rings (SSSR count). The monoisotopic (exact) mass is 344 g/mol. The van der Waals surface area contributed by atoms with Gasteiger partial charge in [0.05, 0.1) is 5.39 Å². The van der Waals surface area contributed by atoms with Crippen LogP contribution in [0.1, 0.15) is 5.56 Å². The molecule has 4 aromatic rings. The van der Waals surface area contributed by atoms with E-state index in [1.165, 1.54) is 17.3 Å². The molecule has 0 spiro atoms. The quantitative estimate of drug-likeness (QED) is 0.462. The summed E-state index contributed by atoms with van der Waals surface area (Å²) in [5, 5.41) is 0.608. The summed E-state index contributed by atoms with van der Waals surface area (Å²) in [6, 6.07) is 25.4. The van der Waals surface area contributed by atoms with Gasteiger partial charge >= 0.3 is 0 Å². The zero-order valence-corrected chi connectivity index (χ0v) is 14.5. The first-order valence-corrected chi connectivity index (χ1v) is 8.90. The molecule has 0 saturated heterocycles. The van der Waals surface area contributed by atoms with Crippen LogP contribution in [0.3, 0.4) is 0 Å². The van der Waals surface area contributed by atoms with Crippen LogP contribution < -0.4 is 5.43 Å². The van der Waals surface area contributed by atoms with E-state index in [1.54, 1.807) is 0 Å². The molecular weight excluding hydrogens is 328 g/mol. The zero-order valence-electron chi connectivity index (χ0n) is 13.7. The standard InChI is InChI=1S/C22H16O2S/c1-15-11-13-16(14-12-15)21-22(25-17-7-3-2-4-8-17)20(23)18-9-5-6-10-19(18)24-21/h2-14H,1H3. The van der Waals surface area contributed by atoms with Crippen LogP contribution in [-0.2, 0) is 0 Å². The summed E-state index contributed by atoms with van der Waals surface area (Å²) in [6.45, 7) is 2.04. The summed E-state index contributed by atoms with van der Waals surface area (Å²) in [6.07, 6.45) is 0. The van der Waals surface area contributed by atoms with Gasteiger partial charge in [0, 0.05) is 10.5 Å². The van der Waals surface area contributed by atoms with E-state index in [4.69, 9.17) is 4.42 Å². The number of fused-ring (bicyclic) bond motifs is 1. The van der Waals surface area contributed by atoms with Crippen molar-refractivity contribution < 1.29 is 4.42 Å². The fraction of sp³-hybridized carbons (Fsp3) is 0.0455. The van der Waals surface area contributed by atoms with Crippen LogP contribution in [0.25, 0.3) is 22.3 Å². The van der Waals surface area contributed by atoms with Crippen molar-refractivity contribution >= 4 is 22.7 Å². The first kappa shape index (κ1) is 15.7. The Morgan fingerprint density at radius 1 is 0.800 bits per heavy atom. The van der Waals surface area contributed by atoms with Gasteiger partial charge in [0.25, 0.3) is 0 Å². The molecule has 0 aliphatic carbocycles. The highest BCUT2D eigenvalue weighted by Gasteiger charge is 2.17. The lowest BCUT2D eigenvalue weighted by molar-refractivity contribution is 0.605. The molecule has 0 radical (unpaired) electrons. The van der Waals surface area contributed by atoms with Crippen molar-refractivity contribution in [3.8, 4) is 11.3 Å². The maximum atomic E-state index is 13.1. The highest BCUT2D eigenvalue weighted by molar-refractivity contribution is 7.99. The van der Waals surface area contributed by atoms with Gasteiger partial charge in [0.15, 0.2) is 5.76 Å². The molecule has 0 aliphatic heterocycles. The average Bonchev–Trinajstić information content (AvgIpc) is 2.65. The van der Waals surface area contributed by atoms with Gasteiger partial charge in [-0.25, -0.2) is 0 Å². The summed E-state index contributed by atoms with van der Waals surface area (Å²) in [4.78, 5) is 14.7. The molecule has 0 amide bonds. The molecule has 0 atom stereocenters. The first-order chi connectivity index (χ1) is 12.2. The van der Waals surface area contributed by atoms with E-state index in [0.717, 1.165) is 10.5 Å². The minimum Gasteiger partial charge on any atom is -0.455 e. The highest BCUT2D eigenvalue weighted by Crippen LogP contribution is 2.35. The maximum Gasteiger partial charge on any atom is 0.207 e. The second-order valence-electron chi connectivity index (χ2n) is 5.87.